The normalized spacial score (nSPS) is 11.4. The highest BCUT2D eigenvalue weighted by Gasteiger charge is 2.17. The molecule has 1 aromatic heterocycles. The van der Waals surface area contributed by atoms with E-state index in [1.54, 1.807) is 0 Å². The molecule has 32 heavy (non-hydrogen) atoms. The van der Waals surface area contributed by atoms with E-state index in [1.807, 2.05) is 34.9 Å². The average molecular weight is 469 g/mol. The van der Waals surface area contributed by atoms with Gasteiger partial charge in [0.1, 0.15) is 0 Å². The van der Waals surface area contributed by atoms with Gasteiger partial charge in [0.25, 0.3) is 0 Å². The van der Waals surface area contributed by atoms with Crippen molar-refractivity contribution in [1.29, 1.82) is 0 Å². The molecule has 0 unspecified atom stereocenters. The Morgan fingerprint density at radius 2 is 1.81 bits per heavy atom. The third-order valence-corrected chi connectivity index (χ3v) is 6.24. The van der Waals surface area contributed by atoms with Gasteiger partial charge in [0, 0.05) is 23.7 Å². The predicted molar refractivity (Wildman–Crippen MR) is 133 cm³/mol. The highest BCUT2D eigenvalue weighted by Crippen LogP contribution is 2.27. The summed E-state index contributed by atoms with van der Waals surface area (Å²) in [7, 11) is 0. The smallest absolute Gasteiger partial charge is 0.230 e. The van der Waals surface area contributed by atoms with Crippen LogP contribution >= 0.6 is 23.4 Å². The van der Waals surface area contributed by atoms with Crippen LogP contribution in [0.25, 0.3) is 11.4 Å². The van der Waals surface area contributed by atoms with Crippen molar-refractivity contribution < 1.29 is 4.79 Å². The van der Waals surface area contributed by atoms with Crippen molar-refractivity contribution >= 4 is 29.3 Å². The number of hydrogen-bond acceptors (Lipinski definition) is 4. The fraction of sp³-hybridized carbons (Fsp3) is 0.320. The van der Waals surface area contributed by atoms with Crippen molar-refractivity contribution in [2.24, 2.45) is 0 Å². The molecular weight excluding hydrogens is 440 g/mol. The number of amides is 1. The Kier molecular flexibility index (Phi) is 8.15. The summed E-state index contributed by atoms with van der Waals surface area (Å²) in [5.41, 5.74) is 3.48. The van der Waals surface area contributed by atoms with E-state index in [-0.39, 0.29) is 17.1 Å². The van der Waals surface area contributed by atoms with Crippen LogP contribution in [0, 0.1) is 0 Å². The van der Waals surface area contributed by atoms with Crippen LogP contribution in [0.4, 0.5) is 0 Å². The third-order valence-electron chi connectivity index (χ3n) is 5.02. The zero-order valence-corrected chi connectivity index (χ0v) is 20.3. The largest absolute Gasteiger partial charge is 0.355 e. The van der Waals surface area contributed by atoms with Crippen LogP contribution in [0.3, 0.4) is 0 Å². The zero-order valence-electron chi connectivity index (χ0n) is 18.8. The summed E-state index contributed by atoms with van der Waals surface area (Å²) in [5.74, 6) is 1.02. The number of rotatable bonds is 9. The van der Waals surface area contributed by atoms with E-state index < -0.39 is 0 Å². The van der Waals surface area contributed by atoms with Crippen molar-refractivity contribution in [3.8, 4) is 11.4 Å². The lowest BCUT2D eigenvalue weighted by atomic mass is 9.87. The lowest BCUT2D eigenvalue weighted by Gasteiger charge is -2.19. The molecule has 7 heteroatoms. The second-order valence-electron chi connectivity index (χ2n) is 8.55. The monoisotopic (exact) mass is 468 g/mol. The summed E-state index contributed by atoms with van der Waals surface area (Å²) in [5, 5.41) is 13.1. The summed E-state index contributed by atoms with van der Waals surface area (Å²) in [6, 6.07) is 16.0. The first-order chi connectivity index (χ1) is 15.3. The Balaban J connectivity index is 1.60. The first kappa shape index (κ1) is 24.1. The lowest BCUT2D eigenvalue weighted by molar-refractivity contribution is -0.118. The summed E-state index contributed by atoms with van der Waals surface area (Å²) in [6.07, 6.45) is 2.57. The van der Waals surface area contributed by atoms with Crippen molar-refractivity contribution in [3.05, 3.63) is 77.3 Å². The Bertz CT molecular complexity index is 1050. The summed E-state index contributed by atoms with van der Waals surface area (Å²) < 4.78 is 1.99. The number of aromatic nitrogens is 3. The van der Waals surface area contributed by atoms with Crippen molar-refractivity contribution in [2.45, 2.75) is 44.3 Å². The molecule has 1 amide bonds. The van der Waals surface area contributed by atoms with Crippen LogP contribution in [0.15, 0.2) is 66.3 Å². The van der Waals surface area contributed by atoms with Gasteiger partial charge in [0.2, 0.25) is 5.91 Å². The number of halogens is 1. The van der Waals surface area contributed by atoms with Gasteiger partial charge in [-0.2, -0.15) is 0 Å². The summed E-state index contributed by atoms with van der Waals surface area (Å²) >= 11 is 7.28. The number of carbonyl (C=O) groups excluding carboxylic acids is 1. The molecule has 5 nitrogen and oxygen atoms in total. The lowest BCUT2D eigenvalue weighted by Crippen LogP contribution is -2.27. The molecule has 0 aliphatic heterocycles. The number of hydrogen-bond donors (Lipinski definition) is 1. The minimum Gasteiger partial charge on any atom is -0.355 e. The van der Waals surface area contributed by atoms with Crippen molar-refractivity contribution in [3.63, 3.8) is 0 Å². The van der Waals surface area contributed by atoms with Gasteiger partial charge in [-0.15, -0.1) is 16.8 Å². The van der Waals surface area contributed by atoms with Gasteiger partial charge >= 0.3 is 0 Å². The Hall–Kier alpha value is -2.57. The van der Waals surface area contributed by atoms with Gasteiger partial charge in [-0.25, -0.2) is 0 Å². The van der Waals surface area contributed by atoms with E-state index in [0.717, 1.165) is 23.4 Å². The number of nitrogens with zero attached hydrogens (tertiary/aromatic N) is 3. The van der Waals surface area contributed by atoms with Gasteiger partial charge in [-0.05, 0) is 35.1 Å². The minimum atomic E-state index is -0.0341. The number of thioether (sulfide) groups is 1. The molecule has 2 aromatic carbocycles. The molecule has 0 saturated carbocycles. The van der Waals surface area contributed by atoms with Gasteiger partial charge in [-0.3, -0.25) is 9.36 Å². The Morgan fingerprint density at radius 3 is 2.44 bits per heavy atom. The molecule has 1 N–H and O–H groups in total. The standard InChI is InChI=1S/C25H29ClN4OS/c1-5-16-30-23(19-8-10-20(11-9-19)25(2,3)4)28-29-24(30)32-17-22(31)27-15-14-18-6-12-21(26)13-7-18/h5-13H,1,14-17H2,2-4H3,(H,27,31). The second kappa shape index (κ2) is 10.8. The number of nitrogens with one attached hydrogen (secondary N) is 1. The molecular formula is C25H29ClN4OS. The molecule has 1 heterocycles. The fourth-order valence-electron chi connectivity index (χ4n) is 3.20. The number of carbonyl (C=O) groups is 1. The average Bonchev–Trinajstić information content (AvgIpc) is 3.16. The first-order valence-corrected chi connectivity index (χ1v) is 11.9. The quantitative estimate of drug-likeness (QED) is 0.331. The molecule has 0 aliphatic carbocycles. The molecule has 0 bridgehead atoms. The van der Waals surface area contributed by atoms with E-state index in [4.69, 9.17) is 11.6 Å². The molecule has 0 aliphatic rings. The minimum absolute atomic E-state index is 0.0341. The molecule has 0 saturated heterocycles. The van der Waals surface area contributed by atoms with E-state index >= 15 is 0 Å². The zero-order chi connectivity index (χ0) is 23.1. The summed E-state index contributed by atoms with van der Waals surface area (Å²) in [4.78, 5) is 12.3. The van der Waals surface area contributed by atoms with Gasteiger partial charge in [-0.1, -0.05) is 86.6 Å². The van der Waals surface area contributed by atoms with Gasteiger partial charge in [0.15, 0.2) is 11.0 Å². The highest BCUT2D eigenvalue weighted by atomic mass is 35.5. The third kappa shape index (κ3) is 6.47. The Labute approximate surface area is 199 Å². The molecule has 0 radical (unpaired) electrons. The van der Waals surface area contributed by atoms with Crippen LogP contribution in [0.2, 0.25) is 5.02 Å². The van der Waals surface area contributed by atoms with Crippen LogP contribution in [0.1, 0.15) is 31.9 Å². The summed E-state index contributed by atoms with van der Waals surface area (Å²) in [6.45, 7) is 11.6. The van der Waals surface area contributed by atoms with E-state index in [2.05, 4.69) is 67.1 Å². The SMILES string of the molecule is C=CCn1c(SCC(=O)NCCc2ccc(Cl)cc2)nnc1-c1ccc(C(C)(C)C)cc1. The topological polar surface area (TPSA) is 59.8 Å². The maximum absolute atomic E-state index is 12.3. The van der Waals surface area contributed by atoms with Crippen molar-refractivity contribution in [1.82, 2.24) is 20.1 Å². The predicted octanol–water partition coefficient (Wildman–Crippen LogP) is 5.53. The molecule has 0 atom stereocenters. The van der Waals surface area contributed by atoms with Gasteiger partial charge in [0.05, 0.1) is 5.75 Å². The van der Waals surface area contributed by atoms with Crippen LogP contribution < -0.4 is 5.32 Å². The fourth-order valence-corrected chi connectivity index (χ4v) is 4.10. The maximum Gasteiger partial charge on any atom is 0.230 e. The molecule has 0 spiro atoms. The van der Waals surface area contributed by atoms with E-state index in [1.165, 1.54) is 17.3 Å². The van der Waals surface area contributed by atoms with Crippen LogP contribution in [-0.2, 0) is 23.2 Å². The number of allylic oxidation sites excluding steroid dienone is 1. The van der Waals surface area contributed by atoms with Crippen molar-refractivity contribution in [2.75, 3.05) is 12.3 Å². The number of benzene rings is 2. The van der Waals surface area contributed by atoms with Gasteiger partial charge < -0.3 is 5.32 Å². The van der Waals surface area contributed by atoms with E-state index in [9.17, 15) is 4.79 Å². The Morgan fingerprint density at radius 1 is 1.12 bits per heavy atom. The maximum atomic E-state index is 12.3. The van der Waals surface area contributed by atoms with E-state index in [0.29, 0.717) is 23.3 Å². The highest BCUT2D eigenvalue weighted by molar-refractivity contribution is 7.99. The molecule has 0 fully saturated rings. The molecule has 168 valence electrons. The van der Waals surface area contributed by atoms with Crippen LogP contribution in [0.5, 0.6) is 0 Å². The second-order valence-corrected chi connectivity index (χ2v) is 9.93. The first-order valence-electron chi connectivity index (χ1n) is 10.6. The molecule has 3 aromatic rings. The van der Waals surface area contributed by atoms with Crippen LogP contribution in [-0.4, -0.2) is 33.0 Å². The molecule has 3 rings (SSSR count).